The number of amides is 1. The SMILES string of the molecule is O=C(Cn1c(=O)cnc2ccccc21)N1CCC[C@@H](n2cccn2)C1. The Bertz CT molecular complexity index is 948. The molecule has 0 radical (unpaired) electrons. The van der Waals surface area contributed by atoms with E-state index in [2.05, 4.69) is 10.1 Å². The smallest absolute Gasteiger partial charge is 0.269 e. The molecule has 3 heterocycles. The van der Waals surface area contributed by atoms with Gasteiger partial charge in [0.1, 0.15) is 6.54 Å². The maximum atomic E-state index is 12.8. The summed E-state index contributed by atoms with van der Waals surface area (Å²) in [5.74, 6) is -0.0460. The van der Waals surface area contributed by atoms with Gasteiger partial charge in [-0.1, -0.05) is 12.1 Å². The highest BCUT2D eigenvalue weighted by Gasteiger charge is 2.25. The van der Waals surface area contributed by atoms with Gasteiger partial charge in [-0.25, -0.2) is 4.98 Å². The highest BCUT2D eigenvalue weighted by molar-refractivity contribution is 5.80. The monoisotopic (exact) mass is 337 g/mol. The minimum Gasteiger partial charge on any atom is -0.339 e. The van der Waals surface area contributed by atoms with Crippen molar-refractivity contribution >= 4 is 16.9 Å². The van der Waals surface area contributed by atoms with Crippen LogP contribution in [0.2, 0.25) is 0 Å². The van der Waals surface area contributed by atoms with Gasteiger partial charge in [0.05, 0.1) is 23.3 Å². The maximum absolute atomic E-state index is 12.8. The molecule has 3 aromatic rings. The zero-order valence-corrected chi connectivity index (χ0v) is 13.8. The first-order chi connectivity index (χ1) is 12.2. The lowest BCUT2D eigenvalue weighted by Crippen LogP contribution is -2.43. The summed E-state index contributed by atoms with van der Waals surface area (Å²) in [5, 5.41) is 4.29. The zero-order chi connectivity index (χ0) is 17.2. The van der Waals surface area contributed by atoms with Gasteiger partial charge in [-0.05, 0) is 31.0 Å². The van der Waals surface area contributed by atoms with Crippen LogP contribution in [0, 0.1) is 0 Å². The Morgan fingerprint density at radius 2 is 2.12 bits per heavy atom. The summed E-state index contributed by atoms with van der Waals surface area (Å²) in [6, 6.07) is 9.45. The quantitative estimate of drug-likeness (QED) is 0.725. The van der Waals surface area contributed by atoms with E-state index in [4.69, 9.17) is 0 Å². The van der Waals surface area contributed by atoms with Gasteiger partial charge in [0.15, 0.2) is 0 Å². The van der Waals surface area contributed by atoms with Crippen LogP contribution >= 0.6 is 0 Å². The standard InChI is InChI=1S/C18H19N5O2/c24-17-11-19-15-6-1-2-7-16(15)22(17)13-18(25)21-9-3-5-14(12-21)23-10-4-8-20-23/h1-2,4,6-8,10-11,14H,3,5,9,12-13H2/t14-/m1/s1. The molecule has 4 rings (SSSR count). The second kappa shape index (κ2) is 6.51. The van der Waals surface area contributed by atoms with E-state index in [1.54, 1.807) is 6.20 Å². The first kappa shape index (κ1) is 15.6. The van der Waals surface area contributed by atoms with Crippen molar-refractivity contribution in [2.75, 3.05) is 13.1 Å². The Hall–Kier alpha value is -2.96. The van der Waals surface area contributed by atoms with Gasteiger partial charge in [0, 0.05) is 25.5 Å². The lowest BCUT2D eigenvalue weighted by Gasteiger charge is -2.33. The number of carbonyl (C=O) groups is 1. The van der Waals surface area contributed by atoms with Crippen LogP contribution in [0.5, 0.6) is 0 Å². The fourth-order valence-electron chi connectivity index (χ4n) is 3.41. The van der Waals surface area contributed by atoms with Gasteiger partial charge in [0.25, 0.3) is 5.56 Å². The first-order valence-electron chi connectivity index (χ1n) is 8.44. The van der Waals surface area contributed by atoms with Crippen LogP contribution in [0.1, 0.15) is 18.9 Å². The molecule has 2 aromatic heterocycles. The Balaban J connectivity index is 1.56. The minimum atomic E-state index is -0.257. The van der Waals surface area contributed by atoms with Crippen molar-refractivity contribution in [1.82, 2.24) is 24.2 Å². The number of nitrogens with zero attached hydrogens (tertiary/aromatic N) is 5. The second-order valence-corrected chi connectivity index (χ2v) is 6.29. The molecule has 1 aromatic carbocycles. The predicted octanol–water partition coefficient (Wildman–Crippen LogP) is 1.46. The lowest BCUT2D eigenvalue weighted by atomic mass is 10.1. The van der Waals surface area contributed by atoms with Gasteiger partial charge in [0.2, 0.25) is 5.91 Å². The van der Waals surface area contributed by atoms with E-state index in [1.807, 2.05) is 46.1 Å². The van der Waals surface area contributed by atoms with Gasteiger partial charge in [-0.15, -0.1) is 0 Å². The average molecular weight is 337 g/mol. The van der Waals surface area contributed by atoms with Crippen molar-refractivity contribution < 1.29 is 4.79 Å². The van der Waals surface area contributed by atoms with E-state index in [1.165, 1.54) is 10.8 Å². The molecule has 7 nitrogen and oxygen atoms in total. The van der Waals surface area contributed by atoms with Gasteiger partial charge >= 0.3 is 0 Å². The number of hydrogen-bond acceptors (Lipinski definition) is 4. The van der Waals surface area contributed by atoms with Crippen molar-refractivity contribution in [1.29, 1.82) is 0 Å². The van der Waals surface area contributed by atoms with Crippen LogP contribution in [-0.4, -0.2) is 43.2 Å². The second-order valence-electron chi connectivity index (χ2n) is 6.29. The van der Waals surface area contributed by atoms with Crippen molar-refractivity contribution in [2.24, 2.45) is 0 Å². The van der Waals surface area contributed by atoms with E-state index in [9.17, 15) is 9.59 Å². The van der Waals surface area contributed by atoms with E-state index in [0.717, 1.165) is 12.8 Å². The molecule has 1 atom stereocenters. The Kier molecular flexibility index (Phi) is 4.05. The van der Waals surface area contributed by atoms with Crippen molar-refractivity contribution in [3.05, 3.63) is 59.3 Å². The first-order valence-corrected chi connectivity index (χ1v) is 8.44. The molecule has 0 N–H and O–H groups in total. The highest BCUT2D eigenvalue weighted by Crippen LogP contribution is 2.21. The molecule has 1 amide bonds. The Morgan fingerprint density at radius 3 is 2.96 bits per heavy atom. The predicted molar refractivity (Wildman–Crippen MR) is 93.1 cm³/mol. The molecule has 0 unspecified atom stereocenters. The number of rotatable bonds is 3. The van der Waals surface area contributed by atoms with Crippen molar-refractivity contribution in [3.63, 3.8) is 0 Å². The van der Waals surface area contributed by atoms with E-state index in [0.29, 0.717) is 24.1 Å². The number of hydrogen-bond donors (Lipinski definition) is 0. The summed E-state index contributed by atoms with van der Waals surface area (Å²) < 4.78 is 3.41. The van der Waals surface area contributed by atoms with E-state index >= 15 is 0 Å². The summed E-state index contributed by atoms with van der Waals surface area (Å²) >= 11 is 0. The summed E-state index contributed by atoms with van der Waals surface area (Å²) in [4.78, 5) is 31.0. The molecule has 0 saturated carbocycles. The molecule has 25 heavy (non-hydrogen) atoms. The molecule has 1 fully saturated rings. The summed E-state index contributed by atoms with van der Waals surface area (Å²) in [6.45, 7) is 1.38. The molecule has 128 valence electrons. The normalized spacial score (nSPS) is 17.8. The van der Waals surface area contributed by atoms with Crippen molar-refractivity contribution in [3.8, 4) is 0 Å². The molecule has 0 aliphatic carbocycles. The number of aromatic nitrogens is 4. The number of para-hydroxylation sites is 2. The molecule has 1 saturated heterocycles. The topological polar surface area (TPSA) is 73.0 Å². The van der Waals surface area contributed by atoms with Crippen LogP contribution in [0.4, 0.5) is 0 Å². The number of piperidine rings is 1. The third-order valence-electron chi connectivity index (χ3n) is 4.69. The van der Waals surface area contributed by atoms with Crippen LogP contribution in [0.3, 0.4) is 0 Å². The fourth-order valence-corrected chi connectivity index (χ4v) is 3.41. The van der Waals surface area contributed by atoms with Gasteiger partial charge < -0.3 is 4.90 Å². The molecular weight excluding hydrogens is 318 g/mol. The number of fused-ring (bicyclic) bond motifs is 1. The van der Waals surface area contributed by atoms with Gasteiger partial charge in [-0.3, -0.25) is 18.8 Å². The van der Waals surface area contributed by atoms with Crippen molar-refractivity contribution in [2.45, 2.75) is 25.4 Å². The van der Waals surface area contributed by atoms with E-state index < -0.39 is 0 Å². The summed E-state index contributed by atoms with van der Waals surface area (Å²) in [6.07, 6.45) is 6.90. The molecule has 1 aliphatic heterocycles. The van der Waals surface area contributed by atoms with E-state index in [-0.39, 0.29) is 24.1 Å². The third-order valence-corrected chi connectivity index (χ3v) is 4.69. The Labute approximate surface area is 144 Å². The van der Waals surface area contributed by atoms with Crippen LogP contribution in [0.25, 0.3) is 11.0 Å². The van der Waals surface area contributed by atoms with Gasteiger partial charge in [-0.2, -0.15) is 5.10 Å². The number of carbonyl (C=O) groups excluding carboxylic acids is 1. The largest absolute Gasteiger partial charge is 0.339 e. The average Bonchev–Trinajstić information content (AvgIpc) is 3.19. The highest BCUT2D eigenvalue weighted by atomic mass is 16.2. The Morgan fingerprint density at radius 1 is 1.24 bits per heavy atom. The number of likely N-dealkylation sites (tertiary alicyclic amines) is 1. The molecule has 1 aliphatic rings. The summed E-state index contributed by atoms with van der Waals surface area (Å²) in [7, 11) is 0. The van der Waals surface area contributed by atoms with Crippen LogP contribution < -0.4 is 5.56 Å². The maximum Gasteiger partial charge on any atom is 0.269 e. The molecule has 0 bridgehead atoms. The minimum absolute atomic E-state index is 0.0354. The molecular formula is C18H19N5O2. The fraction of sp³-hybridized carbons (Fsp3) is 0.333. The zero-order valence-electron chi connectivity index (χ0n) is 13.8. The van der Waals surface area contributed by atoms with Crippen LogP contribution in [-0.2, 0) is 11.3 Å². The molecule has 7 heteroatoms. The lowest BCUT2D eigenvalue weighted by molar-refractivity contribution is -0.133. The van der Waals surface area contributed by atoms with Crippen LogP contribution in [0.15, 0.2) is 53.7 Å². The third kappa shape index (κ3) is 3.05. The summed E-state index contributed by atoms with van der Waals surface area (Å²) in [5.41, 5.74) is 1.14. The molecule has 0 spiro atoms. The number of benzene rings is 1.